The molecule has 0 fully saturated rings. The molecule has 7 heteroatoms. The van der Waals surface area contributed by atoms with E-state index in [2.05, 4.69) is 10.2 Å². The Bertz CT molecular complexity index is 656. The van der Waals surface area contributed by atoms with Crippen molar-refractivity contribution in [3.63, 3.8) is 0 Å². The third-order valence-electron chi connectivity index (χ3n) is 3.31. The first kappa shape index (κ1) is 12.7. The Morgan fingerprint density at radius 2 is 2.30 bits per heavy atom. The summed E-state index contributed by atoms with van der Waals surface area (Å²) in [5, 5.41) is 8.73. The van der Waals surface area contributed by atoms with E-state index in [1.807, 2.05) is 24.7 Å². The lowest BCUT2D eigenvalue weighted by Crippen LogP contribution is -2.18. The number of rotatable bonds is 3. The molecule has 0 saturated heterocycles. The molecule has 106 valence electrons. The number of hydrogen-bond acceptors (Lipinski definition) is 4. The van der Waals surface area contributed by atoms with Crippen LogP contribution in [0.2, 0.25) is 0 Å². The van der Waals surface area contributed by atoms with Gasteiger partial charge in [-0.2, -0.15) is 10.2 Å². The maximum atomic E-state index is 11.7. The second kappa shape index (κ2) is 4.66. The van der Waals surface area contributed by atoms with Crippen LogP contribution in [0.4, 0.5) is 0 Å². The Kier molecular flexibility index (Phi) is 2.96. The molecule has 0 atom stereocenters. The molecule has 0 aliphatic carbocycles. The Hall–Kier alpha value is -2.31. The van der Waals surface area contributed by atoms with E-state index in [0.29, 0.717) is 23.7 Å². The number of carbonyl (C=O) groups is 1. The first-order chi connectivity index (χ1) is 9.58. The van der Waals surface area contributed by atoms with Gasteiger partial charge in [0.1, 0.15) is 11.3 Å². The molecule has 1 amide bonds. The number of amides is 1. The highest BCUT2D eigenvalue weighted by Gasteiger charge is 2.27. The second-order valence-corrected chi connectivity index (χ2v) is 5.12. The molecule has 0 spiro atoms. The van der Waals surface area contributed by atoms with Crippen molar-refractivity contribution in [3.05, 3.63) is 18.0 Å². The van der Waals surface area contributed by atoms with Gasteiger partial charge in [-0.25, -0.2) is 4.68 Å². The van der Waals surface area contributed by atoms with Gasteiger partial charge < -0.3 is 10.5 Å². The maximum absolute atomic E-state index is 11.7. The molecule has 2 aromatic rings. The Morgan fingerprint density at radius 1 is 1.50 bits per heavy atom. The van der Waals surface area contributed by atoms with Crippen molar-refractivity contribution in [1.82, 2.24) is 19.6 Å². The third-order valence-corrected chi connectivity index (χ3v) is 3.31. The van der Waals surface area contributed by atoms with Gasteiger partial charge in [-0.3, -0.25) is 9.48 Å². The molecule has 7 nitrogen and oxygen atoms in total. The fourth-order valence-corrected chi connectivity index (χ4v) is 2.29. The zero-order valence-electron chi connectivity index (χ0n) is 11.5. The summed E-state index contributed by atoms with van der Waals surface area (Å²) in [6.45, 7) is 5.38. The van der Waals surface area contributed by atoms with Gasteiger partial charge in [-0.05, 0) is 13.8 Å². The molecule has 0 radical (unpaired) electrons. The van der Waals surface area contributed by atoms with E-state index < -0.39 is 5.91 Å². The first-order valence-corrected chi connectivity index (χ1v) is 6.66. The first-order valence-electron chi connectivity index (χ1n) is 6.66. The molecule has 0 saturated carbocycles. The van der Waals surface area contributed by atoms with E-state index in [1.54, 1.807) is 10.9 Å². The van der Waals surface area contributed by atoms with Crippen LogP contribution in [-0.2, 0) is 6.54 Å². The minimum atomic E-state index is -0.527. The van der Waals surface area contributed by atoms with E-state index in [4.69, 9.17) is 10.5 Å². The van der Waals surface area contributed by atoms with Gasteiger partial charge in [0, 0.05) is 30.8 Å². The van der Waals surface area contributed by atoms with Crippen LogP contribution < -0.4 is 10.5 Å². The van der Waals surface area contributed by atoms with Crippen LogP contribution in [0.3, 0.4) is 0 Å². The van der Waals surface area contributed by atoms with E-state index in [9.17, 15) is 4.79 Å². The van der Waals surface area contributed by atoms with Gasteiger partial charge >= 0.3 is 0 Å². The summed E-state index contributed by atoms with van der Waals surface area (Å²) in [7, 11) is 0. The van der Waals surface area contributed by atoms with Gasteiger partial charge in [0.05, 0.1) is 12.8 Å². The van der Waals surface area contributed by atoms with E-state index >= 15 is 0 Å². The molecule has 0 unspecified atom stereocenters. The van der Waals surface area contributed by atoms with Gasteiger partial charge in [0.2, 0.25) is 5.88 Å². The second-order valence-electron chi connectivity index (χ2n) is 5.12. The monoisotopic (exact) mass is 275 g/mol. The van der Waals surface area contributed by atoms with E-state index in [0.717, 1.165) is 18.5 Å². The molecule has 3 heterocycles. The number of fused-ring (bicyclic) bond motifs is 1. The lowest BCUT2D eigenvalue weighted by molar-refractivity contribution is 0.0994. The normalized spacial score (nSPS) is 14.2. The van der Waals surface area contributed by atoms with Crippen molar-refractivity contribution in [2.45, 2.75) is 32.9 Å². The van der Waals surface area contributed by atoms with Crippen LogP contribution in [0.1, 0.15) is 36.7 Å². The number of carbonyl (C=O) groups excluding carboxylic acids is 1. The lowest BCUT2D eigenvalue weighted by atomic mass is 10.1. The maximum Gasteiger partial charge on any atom is 0.256 e. The molecule has 2 N–H and O–H groups in total. The molecular formula is C13H17N5O2. The zero-order chi connectivity index (χ0) is 14.3. The van der Waals surface area contributed by atoms with Crippen LogP contribution in [0.5, 0.6) is 5.88 Å². The number of primary amides is 1. The van der Waals surface area contributed by atoms with Crippen molar-refractivity contribution in [2.24, 2.45) is 5.73 Å². The Balaban J connectivity index is 2.12. The van der Waals surface area contributed by atoms with Crippen LogP contribution in [0, 0.1) is 0 Å². The summed E-state index contributed by atoms with van der Waals surface area (Å²) in [5.41, 5.74) is 7.15. The third kappa shape index (κ3) is 1.95. The number of hydrogen-bond donors (Lipinski definition) is 1. The number of nitrogens with zero attached hydrogens (tertiary/aromatic N) is 4. The van der Waals surface area contributed by atoms with E-state index in [-0.39, 0.29) is 6.04 Å². The summed E-state index contributed by atoms with van der Waals surface area (Å²) < 4.78 is 9.06. The van der Waals surface area contributed by atoms with Crippen LogP contribution in [0.25, 0.3) is 11.3 Å². The highest BCUT2D eigenvalue weighted by Crippen LogP contribution is 2.32. The van der Waals surface area contributed by atoms with Crippen molar-refractivity contribution >= 4 is 5.91 Å². The van der Waals surface area contributed by atoms with Crippen molar-refractivity contribution in [2.75, 3.05) is 6.61 Å². The molecule has 3 rings (SSSR count). The number of aromatic nitrogens is 4. The summed E-state index contributed by atoms with van der Waals surface area (Å²) >= 11 is 0. The summed E-state index contributed by atoms with van der Waals surface area (Å²) in [6.07, 6.45) is 4.43. The average Bonchev–Trinajstić information content (AvgIpc) is 3.02. The number of ether oxygens (including phenoxy) is 1. The fraction of sp³-hybridized carbons (Fsp3) is 0.462. The summed E-state index contributed by atoms with van der Waals surface area (Å²) in [4.78, 5) is 11.7. The predicted molar refractivity (Wildman–Crippen MR) is 72.5 cm³/mol. The number of nitrogens with two attached hydrogens (primary N) is 1. The summed E-state index contributed by atoms with van der Waals surface area (Å²) in [6, 6.07) is 0.245. The standard InChI is InChI=1S/C13H17N5O2/c1-8(2)18-7-9(6-15-18)11-10(12(14)19)13-17(16-11)4-3-5-20-13/h6-8H,3-5H2,1-2H3,(H2,14,19). The average molecular weight is 275 g/mol. The highest BCUT2D eigenvalue weighted by atomic mass is 16.5. The Morgan fingerprint density at radius 3 is 2.95 bits per heavy atom. The molecule has 0 aromatic carbocycles. The topological polar surface area (TPSA) is 88.0 Å². The van der Waals surface area contributed by atoms with Crippen molar-refractivity contribution in [3.8, 4) is 17.1 Å². The summed E-state index contributed by atoms with van der Waals surface area (Å²) in [5.74, 6) is -0.0588. The smallest absolute Gasteiger partial charge is 0.256 e. The fourth-order valence-electron chi connectivity index (χ4n) is 2.29. The van der Waals surface area contributed by atoms with Gasteiger partial charge in [-0.1, -0.05) is 0 Å². The minimum Gasteiger partial charge on any atom is -0.477 e. The predicted octanol–water partition coefficient (Wildman–Crippen LogP) is 1.21. The zero-order valence-corrected chi connectivity index (χ0v) is 11.5. The van der Waals surface area contributed by atoms with Crippen molar-refractivity contribution < 1.29 is 9.53 Å². The molecule has 20 heavy (non-hydrogen) atoms. The Labute approximate surface area is 116 Å². The SMILES string of the molecule is CC(C)n1cc(-c2nn3c(c2C(N)=O)OCCC3)cn1. The molecule has 1 aliphatic heterocycles. The van der Waals surface area contributed by atoms with Crippen LogP contribution >= 0.6 is 0 Å². The van der Waals surface area contributed by atoms with Gasteiger partial charge in [0.15, 0.2) is 0 Å². The molecule has 2 aromatic heterocycles. The minimum absolute atomic E-state index is 0.245. The van der Waals surface area contributed by atoms with Gasteiger partial charge in [0.25, 0.3) is 5.91 Å². The molecule has 1 aliphatic rings. The highest BCUT2D eigenvalue weighted by molar-refractivity contribution is 6.01. The molecule has 0 bridgehead atoms. The molecular weight excluding hydrogens is 258 g/mol. The largest absolute Gasteiger partial charge is 0.477 e. The van der Waals surface area contributed by atoms with Crippen LogP contribution in [0.15, 0.2) is 12.4 Å². The van der Waals surface area contributed by atoms with Crippen molar-refractivity contribution in [1.29, 1.82) is 0 Å². The van der Waals surface area contributed by atoms with E-state index in [1.165, 1.54) is 0 Å². The lowest BCUT2D eigenvalue weighted by Gasteiger charge is -2.14. The quantitative estimate of drug-likeness (QED) is 0.911. The van der Waals surface area contributed by atoms with Gasteiger partial charge in [-0.15, -0.1) is 0 Å². The number of aryl methyl sites for hydroxylation is 1. The van der Waals surface area contributed by atoms with Crippen LogP contribution in [-0.4, -0.2) is 32.1 Å².